The molecule has 0 spiro atoms. The first kappa shape index (κ1) is 8.53. The third-order valence-electron chi connectivity index (χ3n) is 0.642. The molecule has 9 heavy (non-hydrogen) atoms. The summed E-state index contributed by atoms with van der Waals surface area (Å²) < 4.78 is 4.89. The van der Waals surface area contributed by atoms with Gasteiger partial charge in [-0.2, -0.15) is 0 Å². The van der Waals surface area contributed by atoms with Crippen molar-refractivity contribution in [2.45, 2.75) is 33.2 Å². The molecule has 0 N–H and O–H groups in total. The topological polar surface area (TPSA) is 26.3 Å². The fourth-order valence-corrected chi connectivity index (χ4v) is 0.361. The standard InChI is InChI=1S/C6H12BO2/c1-6(2,3)9-5(8)7-4/h1-4H3. The first-order valence-corrected chi connectivity index (χ1v) is 2.98. The van der Waals surface area contributed by atoms with Crippen molar-refractivity contribution < 1.29 is 9.53 Å². The zero-order valence-corrected chi connectivity index (χ0v) is 6.39. The highest BCUT2D eigenvalue weighted by Crippen LogP contribution is 2.06. The lowest BCUT2D eigenvalue weighted by molar-refractivity contribution is 0.0718. The van der Waals surface area contributed by atoms with Crippen molar-refractivity contribution >= 4 is 13.1 Å². The fraction of sp³-hybridized carbons (Fsp3) is 0.833. The molecule has 0 heterocycles. The van der Waals surface area contributed by atoms with Gasteiger partial charge < -0.3 is 4.74 Å². The van der Waals surface area contributed by atoms with E-state index < -0.39 is 0 Å². The molecule has 0 aliphatic heterocycles. The molecule has 0 amide bonds. The van der Waals surface area contributed by atoms with Crippen LogP contribution in [-0.4, -0.2) is 18.7 Å². The lowest BCUT2D eigenvalue weighted by Gasteiger charge is -2.18. The molecule has 0 saturated carbocycles. The maximum atomic E-state index is 10.5. The summed E-state index contributed by atoms with van der Waals surface area (Å²) in [6, 6.07) is 0. The van der Waals surface area contributed by atoms with Crippen LogP contribution in [0.4, 0.5) is 4.79 Å². The zero-order valence-electron chi connectivity index (χ0n) is 6.39. The minimum Gasteiger partial charge on any atom is -0.468 e. The van der Waals surface area contributed by atoms with Gasteiger partial charge in [-0.15, -0.1) is 0 Å². The van der Waals surface area contributed by atoms with Crippen molar-refractivity contribution in [3.63, 3.8) is 0 Å². The van der Waals surface area contributed by atoms with Crippen LogP contribution in [0.1, 0.15) is 20.8 Å². The summed E-state index contributed by atoms with van der Waals surface area (Å²) in [5, 5.41) is 0. The molecule has 0 rings (SSSR count). The number of rotatable bonds is 1. The molecular formula is C6H12BO2. The van der Waals surface area contributed by atoms with Gasteiger partial charge in [0.2, 0.25) is 5.87 Å². The van der Waals surface area contributed by atoms with Gasteiger partial charge in [0.1, 0.15) is 5.60 Å². The first-order chi connectivity index (χ1) is 3.95. The smallest absolute Gasteiger partial charge is 0.257 e. The second-order valence-corrected chi connectivity index (χ2v) is 2.82. The SMILES string of the molecule is C[B]C(=O)OC(C)(C)C. The Morgan fingerprint density at radius 1 is 1.44 bits per heavy atom. The summed E-state index contributed by atoms with van der Waals surface area (Å²) in [6.45, 7) is 7.19. The molecule has 2 nitrogen and oxygen atoms in total. The molecule has 0 unspecified atom stereocenters. The summed E-state index contributed by atoms with van der Waals surface area (Å²) in [6.07, 6.45) is 0. The summed E-state index contributed by atoms with van der Waals surface area (Å²) in [5.41, 5.74) is -0.358. The number of ether oxygens (including phenoxy) is 1. The molecule has 0 aliphatic rings. The minimum atomic E-state index is -0.358. The highest BCUT2D eigenvalue weighted by Gasteiger charge is 2.13. The van der Waals surface area contributed by atoms with E-state index in [1.165, 1.54) is 7.28 Å². The monoisotopic (exact) mass is 127 g/mol. The van der Waals surface area contributed by atoms with Crippen LogP contribution in [0.3, 0.4) is 0 Å². The minimum absolute atomic E-state index is 0.262. The van der Waals surface area contributed by atoms with Crippen molar-refractivity contribution in [1.29, 1.82) is 0 Å². The average Bonchev–Trinajstić information content (AvgIpc) is 1.62. The summed E-state index contributed by atoms with van der Waals surface area (Å²) in [4.78, 5) is 10.5. The highest BCUT2D eigenvalue weighted by atomic mass is 16.5. The Labute approximate surface area is 56.8 Å². The third kappa shape index (κ3) is 5.41. The Bertz CT molecular complexity index is 104. The Balaban J connectivity index is 3.60. The molecule has 0 saturated heterocycles. The Hall–Kier alpha value is -0.465. The third-order valence-corrected chi connectivity index (χ3v) is 0.642. The van der Waals surface area contributed by atoms with E-state index in [0.717, 1.165) is 0 Å². The van der Waals surface area contributed by atoms with E-state index in [1.807, 2.05) is 20.8 Å². The van der Waals surface area contributed by atoms with Crippen LogP contribution < -0.4 is 0 Å². The van der Waals surface area contributed by atoms with Gasteiger partial charge in [0.15, 0.2) is 0 Å². The zero-order chi connectivity index (χ0) is 7.49. The van der Waals surface area contributed by atoms with Gasteiger partial charge in [-0.1, -0.05) is 6.82 Å². The van der Waals surface area contributed by atoms with E-state index in [4.69, 9.17) is 4.74 Å². The van der Waals surface area contributed by atoms with E-state index in [9.17, 15) is 4.79 Å². The van der Waals surface area contributed by atoms with Crippen LogP contribution in [0.5, 0.6) is 0 Å². The largest absolute Gasteiger partial charge is 0.468 e. The van der Waals surface area contributed by atoms with Crippen LogP contribution >= 0.6 is 0 Å². The highest BCUT2D eigenvalue weighted by molar-refractivity contribution is 6.70. The molecule has 1 radical (unpaired) electrons. The summed E-state index contributed by atoms with van der Waals surface area (Å²) in [7, 11) is 1.41. The molecule has 0 bridgehead atoms. The maximum absolute atomic E-state index is 10.5. The molecule has 3 heteroatoms. The number of carbonyl (C=O) groups is 1. The predicted octanol–water partition coefficient (Wildman–Crippen LogP) is 1.67. The molecule has 0 aliphatic carbocycles. The van der Waals surface area contributed by atoms with Gasteiger partial charge in [0.05, 0.1) is 0 Å². The second kappa shape index (κ2) is 2.90. The van der Waals surface area contributed by atoms with Gasteiger partial charge in [-0.05, 0) is 20.8 Å². The van der Waals surface area contributed by atoms with E-state index in [1.54, 1.807) is 6.82 Å². The van der Waals surface area contributed by atoms with Crippen molar-refractivity contribution in [2.75, 3.05) is 0 Å². The Morgan fingerprint density at radius 2 is 1.89 bits per heavy atom. The van der Waals surface area contributed by atoms with Crippen molar-refractivity contribution in [1.82, 2.24) is 0 Å². The predicted molar refractivity (Wildman–Crippen MR) is 37.9 cm³/mol. The van der Waals surface area contributed by atoms with Crippen LogP contribution in [0.15, 0.2) is 0 Å². The van der Waals surface area contributed by atoms with E-state index in [-0.39, 0.29) is 11.5 Å². The Kier molecular flexibility index (Phi) is 2.75. The van der Waals surface area contributed by atoms with Crippen LogP contribution in [0, 0.1) is 0 Å². The van der Waals surface area contributed by atoms with E-state index in [0.29, 0.717) is 0 Å². The molecule has 0 aromatic rings. The number of carbonyl (C=O) groups excluding carboxylic acids is 1. The molecule has 0 atom stereocenters. The van der Waals surface area contributed by atoms with Gasteiger partial charge in [0, 0.05) is 0 Å². The number of hydrogen-bond donors (Lipinski definition) is 0. The van der Waals surface area contributed by atoms with Crippen molar-refractivity contribution in [3.05, 3.63) is 0 Å². The van der Waals surface area contributed by atoms with Crippen molar-refractivity contribution in [3.8, 4) is 0 Å². The van der Waals surface area contributed by atoms with Gasteiger partial charge in [-0.3, -0.25) is 4.79 Å². The number of hydrogen-bond acceptors (Lipinski definition) is 2. The summed E-state index contributed by atoms with van der Waals surface area (Å²) >= 11 is 0. The molecule has 0 aromatic heterocycles. The molecular weight excluding hydrogens is 115 g/mol. The van der Waals surface area contributed by atoms with E-state index in [2.05, 4.69) is 0 Å². The normalized spacial score (nSPS) is 10.7. The van der Waals surface area contributed by atoms with Crippen LogP contribution in [0.2, 0.25) is 6.82 Å². The maximum Gasteiger partial charge on any atom is 0.257 e. The Morgan fingerprint density at radius 3 is 2.00 bits per heavy atom. The summed E-state index contributed by atoms with van der Waals surface area (Å²) in [5.74, 6) is -0.262. The average molecular weight is 127 g/mol. The lowest BCUT2D eigenvalue weighted by Crippen LogP contribution is -2.25. The fourth-order valence-electron chi connectivity index (χ4n) is 0.361. The van der Waals surface area contributed by atoms with Gasteiger partial charge in [0.25, 0.3) is 7.28 Å². The molecule has 0 aromatic carbocycles. The first-order valence-electron chi connectivity index (χ1n) is 2.98. The van der Waals surface area contributed by atoms with Crippen molar-refractivity contribution in [2.24, 2.45) is 0 Å². The lowest BCUT2D eigenvalue weighted by atomic mass is 9.83. The molecule has 51 valence electrons. The van der Waals surface area contributed by atoms with Gasteiger partial charge in [-0.25, -0.2) is 0 Å². The van der Waals surface area contributed by atoms with E-state index >= 15 is 0 Å². The quantitative estimate of drug-likeness (QED) is 0.500. The van der Waals surface area contributed by atoms with Gasteiger partial charge >= 0.3 is 0 Å². The molecule has 0 fully saturated rings. The van der Waals surface area contributed by atoms with Crippen LogP contribution in [-0.2, 0) is 4.74 Å². The second-order valence-electron chi connectivity index (χ2n) is 2.82. The van der Waals surface area contributed by atoms with Crippen LogP contribution in [0.25, 0.3) is 0 Å².